The van der Waals surface area contributed by atoms with Gasteiger partial charge in [-0.2, -0.15) is 0 Å². The summed E-state index contributed by atoms with van der Waals surface area (Å²) in [5.74, 6) is -1.59. The zero-order valence-corrected chi connectivity index (χ0v) is 29.8. The van der Waals surface area contributed by atoms with E-state index in [1.807, 2.05) is 33.3 Å². The first-order valence-electron chi connectivity index (χ1n) is 17.7. The van der Waals surface area contributed by atoms with Crippen molar-refractivity contribution in [3.63, 3.8) is 0 Å². The molecular weight excluding hydrogens is 582 g/mol. The standard InChI is InChI=1S/C38H65NO7/c1-6-8-10-12-14-15-16-17-18-19-20-21-23-25-27-29-37(41)46-34(32-44-31-30-35(38(42)43)39(3,4)5)33-45-36(40)28-26-24-22-13-11-9-7-2/h9,11,14-17,22,24,34-35H,6-8,10,12-13,18-21,23,25-33H2,1-5H3/p+1/b11-9+,15-14+,17-16+,24-22+. The van der Waals surface area contributed by atoms with Gasteiger partial charge in [0, 0.05) is 19.3 Å². The van der Waals surface area contributed by atoms with E-state index < -0.39 is 18.1 Å². The van der Waals surface area contributed by atoms with E-state index in [0.29, 0.717) is 19.3 Å². The zero-order valence-electron chi connectivity index (χ0n) is 29.8. The third-order valence-corrected chi connectivity index (χ3v) is 7.50. The van der Waals surface area contributed by atoms with E-state index in [4.69, 9.17) is 14.2 Å². The molecule has 8 nitrogen and oxygen atoms in total. The second kappa shape index (κ2) is 29.7. The molecule has 0 spiro atoms. The summed E-state index contributed by atoms with van der Waals surface area (Å²) in [7, 11) is 5.48. The summed E-state index contributed by atoms with van der Waals surface area (Å²) in [5, 5.41) is 9.54. The molecule has 0 aromatic rings. The molecule has 264 valence electrons. The van der Waals surface area contributed by atoms with Crippen molar-refractivity contribution in [3.8, 4) is 0 Å². The number of allylic oxidation sites excluding steroid dienone is 8. The van der Waals surface area contributed by atoms with Crippen LogP contribution < -0.4 is 0 Å². The summed E-state index contributed by atoms with van der Waals surface area (Å²) in [6, 6.07) is -0.622. The van der Waals surface area contributed by atoms with Gasteiger partial charge in [-0.05, 0) is 51.4 Å². The number of unbranched alkanes of at least 4 members (excludes halogenated alkanes) is 9. The van der Waals surface area contributed by atoms with Crippen molar-refractivity contribution in [1.82, 2.24) is 0 Å². The van der Waals surface area contributed by atoms with Gasteiger partial charge >= 0.3 is 17.9 Å². The van der Waals surface area contributed by atoms with E-state index in [1.165, 1.54) is 32.1 Å². The van der Waals surface area contributed by atoms with Crippen molar-refractivity contribution in [2.45, 2.75) is 135 Å². The topological polar surface area (TPSA) is 99.1 Å². The van der Waals surface area contributed by atoms with Crippen molar-refractivity contribution in [2.24, 2.45) is 0 Å². The van der Waals surface area contributed by atoms with Crippen LogP contribution >= 0.6 is 0 Å². The minimum atomic E-state index is -0.888. The first-order chi connectivity index (χ1) is 22.1. The maximum absolute atomic E-state index is 12.6. The Morgan fingerprint density at radius 1 is 0.696 bits per heavy atom. The predicted molar refractivity (Wildman–Crippen MR) is 188 cm³/mol. The van der Waals surface area contributed by atoms with Crippen LogP contribution in [0.2, 0.25) is 0 Å². The van der Waals surface area contributed by atoms with Gasteiger partial charge in [0.2, 0.25) is 0 Å². The van der Waals surface area contributed by atoms with Crippen LogP contribution in [0, 0.1) is 0 Å². The van der Waals surface area contributed by atoms with Gasteiger partial charge in [-0.1, -0.05) is 101 Å². The van der Waals surface area contributed by atoms with Gasteiger partial charge in [-0.25, -0.2) is 4.79 Å². The number of carbonyl (C=O) groups is 3. The Labute approximate surface area is 280 Å². The number of rotatable bonds is 30. The van der Waals surface area contributed by atoms with Crippen LogP contribution in [0.4, 0.5) is 0 Å². The predicted octanol–water partition coefficient (Wildman–Crippen LogP) is 8.51. The van der Waals surface area contributed by atoms with Crippen LogP contribution in [0.5, 0.6) is 0 Å². The number of carboxylic acids is 1. The van der Waals surface area contributed by atoms with E-state index in [0.717, 1.165) is 51.4 Å². The van der Waals surface area contributed by atoms with Crippen LogP contribution in [-0.2, 0) is 28.6 Å². The molecule has 0 saturated heterocycles. The van der Waals surface area contributed by atoms with Crippen molar-refractivity contribution in [3.05, 3.63) is 48.6 Å². The lowest BCUT2D eigenvalue weighted by molar-refractivity contribution is -0.887. The average Bonchev–Trinajstić information content (AvgIpc) is 3.00. The molecule has 1 N–H and O–H groups in total. The Morgan fingerprint density at radius 3 is 1.96 bits per heavy atom. The molecule has 0 aliphatic heterocycles. The molecule has 0 aromatic carbocycles. The molecular formula is C38H66NO7+. The van der Waals surface area contributed by atoms with Gasteiger partial charge in [0.05, 0.1) is 34.4 Å². The number of carbonyl (C=O) groups excluding carboxylic acids is 2. The Bertz CT molecular complexity index is 901. The molecule has 0 aliphatic carbocycles. The Kier molecular flexibility index (Phi) is 27.9. The summed E-state index contributed by atoms with van der Waals surface area (Å²) in [5.41, 5.74) is 0. The summed E-state index contributed by atoms with van der Waals surface area (Å²) < 4.78 is 17.0. The summed E-state index contributed by atoms with van der Waals surface area (Å²) in [6.45, 7) is 4.45. The monoisotopic (exact) mass is 648 g/mol. The highest BCUT2D eigenvalue weighted by Gasteiger charge is 2.31. The number of carboxylic acid groups (broad SMARTS) is 1. The first kappa shape index (κ1) is 43.3. The quantitative estimate of drug-likeness (QED) is 0.0274. The molecule has 0 bridgehead atoms. The highest BCUT2D eigenvalue weighted by atomic mass is 16.6. The molecule has 46 heavy (non-hydrogen) atoms. The average molecular weight is 649 g/mol. The van der Waals surface area contributed by atoms with Gasteiger partial charge < -0.3 is 23.8 Å². The lowest BCUT2D eigenvalue weighted by Gasteiger charge is -2.31. The number of hydrogen-bond donors (Lipinski definition) is 1. The number of quaternary nitrogens is 1. The van der Waals surface area contributed by atoms with Gasteiger partial charge in [-0.15, -0.1) is 0 Å². The SMILES string of the molecule is CC/C=C/C/C=C/CCC(=O)OCC(COCCC(C(=O)O)[N+](C)(C)C)OC(=O)CCCCCCCC/C=C/C=C/CCCCC. The lowest BCUT2D eigenvalue weighted by Crippen LogP contribution is -2.50. The fraction of sp³-hybridized carbons (Fsp3) is 0.711. The summed E-state index contributed by atoms with van der Waals surface area (Å²) in [6.07, 6.45) is 31.9. The number of ether oxygens (including phenoxy) is 3. The molecule has 2 atom stereocenters. The first-order valence-corrected chi connectivity index (χ1v) is 17.7. The van der Waals surface area contributed by atoms with Crippen LogP contribution in [0.1, 0.15) is 123 Å². The zero-order chi connectivity index (χ0) is 34.3. The minimum absolute atomic E-state index is 0.0370. The third-order valence-electron chi connectivity index (χ3n) is 7.50. The number of likely N-dealkylation sites (N-methyl/N-ethyl adjacent to an activating group) is 1. The van der Waals surface area contributed by atoms with E-state index in [9.17, 15) is 19.5 Å². The highest BCUT2D eigenvalue weighted by molar-refractivity contribution is 5.72. The fourth-order valence-electron chi connectivity index (χ4n) is 4.73. The van der Waals surface area contributed by atoms with Gasteiger partial charge in [0.1, 0.15) is 6.61 Å². The Balaban J connectivity index is 4.48. The molecule has 0 rings (SSSR count). The smallest absolute Gasteiger partial charge is 0.362 e. The maximum atomic E-state index is 12.6. The summed E-state index contributed by atoms with van der Waals surface area (Å²) >= 11 is 0. The van der Waals surface area contributed by atoms with Crippen molar-refractivity contribution in [2.75, 3.05) is 41.0 Å². The van der Waals surface area contributed by atoms with Crippen molar-refractivity contribution < 1.29 is 38.2 Å². The van der Waals surface area contributed by atoms with Crippen molar-refractivity contribution >= 4 is 17.9 Å². The molecule has 0 amide bonds. The second-order valence-corrected chi connectivity index (χ2v) is 12.8. The summed E-state index contributed by atoms with van der Waals surface area (Å²) in [4.78, 5) is 36.5. The molecule has 0 saturated carbocycles. The number of hydrogen-bond acceptors (Lipinski definition) is 6. The van der Waals surface area contributed by atoms with E-state index >= 15 is 0 Å². The van der Waals surface area contributed by atoms with Gasteiger partial charge in [0.15, 0.2) is 12.1 Å². The van der Waals surface area contributed by atoms with Crippen LogP contribution in [0.25, 0.3) is 0 Å². The van der Waals surface area contributed by atoms with Crippen LogP contribution in [0.3, 0.4) is 0 Å². The largest absolute Gasteiger partial charge is 0.477 e. The second-order valence-electron chi connectivity index (χ2n) is 12.8. The van der Waals surface area contributed by atoms with Crippen LogP contribution in [0.15, 0.2) is 48.6 Å². The Morgan fingerprint density at radius 2 is 1.33 bits per heavy atom. The lowest BCUT2D eigenvalue weighted by atomic mass is 10.1. The van der Waals surface area contributed by atoms with Crippen LogP contribution in [-0.4, -0.2) is 80.6 Å². The van der Waals surface area contributed by atoms with Crippen molar-refractivity contribution in [1.29, 1.82) is 0 Å². The van der Waals surface area contributed by atoms with E-state index in [2.05, 4.69) is 50.3 Å². The molecule has 0 radical (unpaired) electrons. The fourth-order valence-corrected chi connectivity index (χ4v) is 4.73. The number of aliphatic carboxylic acids is 1. The highest BCUT2D eigenvalue weighted by Crippen LogP contribution is 2.12. The molecule has 0 aromatic heterocycles. The van der Waals surface area contributed by atoms with E-state index in [-0.39, 0.29) is 42.7 Å². The third kappa shape index (κ3) is 27.6. The van der Waals surface area contributed by atoms with Gasteiger partial charge in [-0.3, -0.25) is 9.59 Å². The normalized spacial score (nSPS) is 13.7. The maximum Gasteiger partial charge on any atom is 0.362 e. The molecule has 0 heterocycles. The van der Waals surface area contributed by atoms with Gasteiger partial charge in [0.25, 0.3) is 0 Å². The minimum Gasteiger partial charge on any atom is -0.477 e. The molecule has 2 unspecified atom stereocenters. The number of esters is 2. The van der Waals surface area contributed by atoms with E-state index in [1.54, 1.807) is 0 Å². The Hall–Kier alpha value is -2.71. The molecule has 8 heteroatoms. The number of nitrogens with zero attached hydrogens (tertiary/aromatic N) is 1. The molecule has 0 fully saturated rings. The molecule has 0 aliphatic rings.